The van der Waals surface area contributed by atoms with Crippen LogP contribution < -0.4 is 0 Å². The van der Waals surface area contributed by atoms with Gasteiger partial charge in [0.15, 0.2) is 13.6 Å². The molecule has 4 aliphatic carbocycles. The van der Waals surface area contributed by atoms with Gasteiger partial charge >= 0.3 is 0 Å². The highest BCUT2D eigenvalue weighted by Gasteiger charge is 2.76. The second kappa shape index (κ2) is 6.99. The van der Waals surface area contributed by atoms with Crippen molar-refractivity contribution in [1.29, 1.82) is 0 Å². The molecule has 30 heavy (non-hydrogen) atoms. The average Bonchev–Trinajstić information content (AvgIpc) is 3.44. The first-order valence-electron chi connectivity index (χ1n) is 11.9. The number of rotatable bonds is 0. The van der Waals surface area contributed by atoms with Crippen LogP contribution in [0.2, 0.25) is 0 Å². The lowest BCUT2D eigenvalue weighted by Crippen LogP contribution is -2.65. The van der Waals surface area contributed by atoms with Crippen LogP contribution in [0.1, 0.15) is 66.2 Å². The summed E-state index contributed by atoms with van der Waals surface area (Å²) in [6, 6.07) is 0. The summed E-state index contributed by atoms with van der Waals surface area (Å²) < 4.78 is 24.0. The van der Waals surface area contributed by atoms with Crippen molar-refractivity contribution in [1.82, 2.24) is 0 Å². The molecular formula is C25H36O5. The number of Topliss-reactive ketones (excluding diaryl/α,β-unsaturated/α-hetero) is 1. The van der Waals surface area contributed by atoms with Crippen molar-refractivity contribution in [2.75, 3.05) is 20.2 Å². The van der Waals surface area contributed by atoms with Crippen LogP contribution in [0, 0.1) is 28.6 Å². The predicted octanol–water partition coefficient (Wildman–Crippen LogP) is 4.76. The second-order valence-corrected chi connectivity index (χ2v) is 10.1. The van der Waals surface area contributed by atoms with Crippen LogP contribution in [-0.2, 0) is 23.7 Å². The Morgan fingerprint density at radius 2 is 1.87 bits per heavy atom. The van der Waals surface area contributed by atoms with Crippen molar-refractivity contribution in [2.45, 2.75) is 77.6 Å². The summed E-state index contributed by atoms with van der Waals surface area (Å²) in [7, 11) is 0. The molecule has 2 saturated heterocycles. The van der Waals surface area contributed by atoms with Crippen LogP contribution in [0.15, 0.2) is 23.8 Å². The molecule has 6 rings (SSSR count). The zero-order valence-electron chi connectivity index (χ0n) is 18.9. The van der Waals surface area contributed by atoms with Crippen LogP contribution in [0.3, 0.4) is 0 Å². The maximum atomic E-state index is 13.8. The molecule has 0 radical (unpaired) electrons. The number of carbonyl (C=O) groups excluding carboxylic acids is 1. The Kier molecular flexibility index (Phi) is 4.87. The normalized spacial score (nSPS) is 51.3. The molecule has 0 aromatic rings. The van der Waals surface area contributed by atoms with Crippen molar-refractivity contribution < 1.29 is 23.7 Å². The van der Waals surface area contributed by atoms with Gasteiger partial charge in [0, 0.05) is 23.2 Å². The Bertz CT molecular complexity index is 775. The molecule has 3 saturated carbocycles. The molecule has 2 heterocycles. The first-order valence-corrected chi connectivity index (χ1v) is 11.9. The van der Waals surface area contributed by atoms with Gasteiger partial charge in [0.25, 0.3) is 0 Å². The van der Waals surface area contributed by atoms with E-state index in [4.69, 9.17) is 18.9 Å². The Labute approximate surface area is 180 Å². The minimum atomic E-state index is -0.849. The summed E-state index contributed by atoms with van der Waals surface area (Å²) in [6.45, 7) is 9.41. The van der Waals surface area contributed by atoms with Crippen LogP contribution >= 0.6 is 0 Å². The molecule has 0 N–H and O–H groups in total. The van der Waals surface area contributed by atoms with Crippen LogP contribution in [0.5, 0.6) is 0 Å². The quantitative estimate of drug-likeness (QED) is 0.533. The number of hydrogen-bond acceptors (Lipinski definition) is 5. The number of ether oxygens (including phenoxy) is 4. The lowest BCUT2D eigenvalue weighted by Gasteiger charge is -2.58. The number of allylic oxidation sites excluding steroid dienone is 4. The van der Waals surface area contributed by atoms with E-state index in [1.54, 1.807) is 0 Å². The van der Waals surface area contributed by atoms with Gasteiger partial charge in [-0.25, -0.2) is 0 Å². The van der Waals surface area contributed by atoms with Gasteiger partial charge in [-0.2, -0.15) is 0 Å². The van der Waals surface area contributed by atoms with E-state index in [9.17, 15) is 4.79 Å². The van der Waals surface area contributed by atoms with E-state index in [0.717, 1.165) is 32.1 Å². The maximum Gasteiger partial charge on any atom is 0.226 e. The lowest BCUT2D eigenvalue weighted by atomic mass is 9.46. The number of carbonyl (C=O) groups is 1. The highest BCUT2D eigenvalue weighted by Crippen LogP contribution is 2.70. The van der Waals surface area contributed by atoms with Crippen molar-refractivity contribution in [3.8, 4) is 0 Å². The molecule has 5 nitrogen and oxygen atoms in total. The number of ketones is 1. The van der Waals surface area contributed by atoms with E-state index in [-0.39, 0.29) is 30.3 Å². The SMILES string of the molecule is CC.C[C@]12C=CCC=C1CC[C@@H]1[C@@H]2C(=O)C[C@@]2(C)[C@H]1CC[C@@]21OCOC12COCO2. The third-order valence-electron chi connectivity index (χ3n) is 9.31. The highest BCUT2D eigenvalue weighted by atomic mass is 16.9. The fourth-order valence-electron chi connectivity index (χ4n) is 8.15. The average molecular weight is 417 g/mol. The molecule has 6 aliphatic rings. The topological polar surface area (TPSA) is 54.0 Å². The van der Waals surface area contributed by atoms with E-state index < -0.39 is 11.4 Å². The van der Waals surface area contributed by atoms with Gasteiger partial charge < -0.3 is 18.9 Å². The molecule has 0 aromatic carbocycles. The van der Waals surface area contributed by atoms with E-state index >= 15 is 0 Å². The van der Waals surface area contributed by atoms with Gasteiger partial charge in [-0.05, 0) is 43.9 Å². The predicted molar refractivity (Wildman–Crippen MR) is 112 cm³/mol. The summed E-state index contributed by atoms with van der Waals surface area (Å²) in [6.07, 6.45) is 12.6. The zero-order valence-corrected chi connectivity index (χ0v) is 18.9. The summed E-state index contributed by atoms with van der Waals surface area (Å²) >= 11 is 0. The molecule has 5 heteroatoms. The van der Waals surface area contributed by atoms with Gasteiger partial charge in [-0.1, -0.05) is 51.5 Å². The maximum absolute atomic E-state index is 13.8. The molecule has 7 atom stereocenters. The number of hydrogen-bond donors (Lipinski definition) is 0. The Morgan fingerprint density at radius 3 is 2.63 bits per heavy atom. The van der Waals surface area contributed by atoms with Crippen molar-refractivity contribution in [2.24, 2.45) is 28.6 Å². The molecule has 0 amide bonds. The third-order valence-corrected chi connectivity index (χ3v) is 9.31. The van der Waals surface area contributed by atoms with Crippen LogP contribution in [0.25, 0.3) is 0 Å². The van der Waals surface area contributed by atoms with Gasteiger partial charge in [0.2, 0.25) is 5.79 Å². The number of fused-ring (bicyclic) bond motifs is 7. The van der Waals surface area contributed by atoms with Gasteiger partial charge in [0.1, 0.15) is 18.0 Å². The Hall–Kier alpha value is -1.01. The first kappa shape index (κ1) is 20.9. The van der Waals surface area contributed by atoms with Crippen molar-refractivity contribution in [3.05, 3.63) is 23.8 Å². The van der Waals surface area contributed by atoms with Gasteiger partial charge in [-0.3, -0.25) is 4.79 Å². The summed E-state index contributed by atoms with van der Waals surface area (Å²) in [5, 5.41) is 0. The van der Waals surface area contributed by atoms with E-state index in [0.29, 0.717) is 30.6 Å². The highest BCUT2D eigenvalue weighted by molar-refractivity contribution is 5.85. The smallest absolute Gasteiger partial charge is 0.226 e. The summed E-state index contributed by atoms with van der Waals surface area (Å²) in [5.41, 5.74) is 0.519. The molecule has 0 aromatic heterocycles. The monoisotopic (exact) mass is 416 g/mol. The largest absolute Gasteiger partial charge is 0.350 e. The van der Waals surface area contributed by atoms with Crippen molar-refractivity contribution in [3.63, 3.8) is 0 Å². The second-order valence-electron chi connectivity index (χ2n) is 10.1. The minimum absolute atomic E-state index is 0.0938. The summed E-state index contributed by atoms with van der Waals surface area (Å²) in [4.78, 5) is 13.8. The fraction of sp³-hybridized carbons (Fsp3) is 0.800. The third kappa shape index (κ3) is 2.35. The van der Waals surface area contributed by atoms with E-state index in [2.05, 4.69) is 32.1 Å². The Morgan fingerprint density at radius 1 is 1.07 bits per heavy atom. The molecule has 2 spiro atoms. The fourth-order valence-corrected chi connectivity index (χ4v) is 8.15. The van der Waals surface area contributed by atoms with Crippen LogP contribution in [-0.4, -0.2) is 37.4 Å². The standard InChI is InChI=1S/C23H30O5.C2H6/c1-20-9-4-3-5-15(20)6-7-16-17-8-10-22(21(17,2)11-18(24)19(16)20)23(28-14-26-22)12-25-13-27-23;1-2/h4-5,9,16-17,19H,3,6-8,10-14H2,1-2H3;1-2H3/t16-,17-,19+,20-,21-,22+,23?;/m0./s1. The van der Waals surface area contributed by atoms with Crippen molar-refractivity contribution >= 4 is 5.78 Å². The van der Waals surface area contributed by atoms with E-state index in [1.165, 1.54) is 5.57 Å². The summed E-state index contributed by atoms with van der Waals surface area (Å²) in [5.74, 6) is 0.495. The lowest BCUT2D eigenvalue weighted by molar-refractivity contribution is -0.245. The first-order chi connectivity index (χ1) is 14.5. The van der Waals surface area contributed by atoms with E-state index in [1.807, 2.05) is 13.8 Å². The van der Waals surface area contributed by atoms with Gasteiger partial charge in [-0.15, -0.1) is 0 Å². The molecule has 0 bridgehead atoms. The molecule has 166 valence electrons. The molecule has 1 unspecified atom stereocenters. The zero-order chi connectivity index (χ0) is 21.2. The minimum Gasteiger partial charge on any atom is -0.350 e. The molecule has 2 aliphatic heterocycles. The molecule has 5 fully saturated rings. The van der Waals surface area contributed by atoms with Gasteiger partial charge in [0.05, 0.1) is 0 Å². The Balaban J connectivity index is 0.000000937. The van der Waals surface area contributed by atoms with Crippen LogP contribution in [0.4, 0.5) is 0 Å². The molecular weight excluding hydrogens is 380 g/mol.